The predicted octanol–water partition coefficient (Wildman–Crippen LogP) is 3.37. The smallest absolute Gasteiger partial charge is 0.444 e. The van der Waals surface area contributed by atoms with Gasteiger partial charge < -0.3 is 4.74 Å². The van der Waals surface area contributed by atoms with Crippen LogP contribution in [0.25, 0.3) is 0 Å². The summed E-state index contributed by atoms with van der Waals surface area (Å²) < 4.78 is 66.7. The number of fused-ring (bicyclic) bond motifs is 2. The Labute approximate surface area is 133 Å². The first-order valence-electron chi connectivity index (χ1n) is 7.36. The Hall–Kier alpha value is -1.25. The third-order valence-corrected chi connectivity index (χ3v) is 5.46. The molecule has 2 aliphatic rings. The normalized spacial score (nSPS) is 25.8. The van der Waals surface area contributed by atoms with Crippen molar-refractivity contribution in [1.29, 1.82) is 0 Å². The van der Waals surface area contributed by atoms with Gasteiger partial charge in [0.25, 0.3) is 9.84 Å². The lowest BCUT2D eigenvalue weighted by molar-refractivity contribution is -0.0430. The van der Waals surface area contributed by atoms with Gasteiger partial charge in [-0.15, -0.1) is 0 Å². The first-order valence-corrected chi connectivity index (χ1v) is 8.84. The van der Waals surface area contributed by atoms with Crippen LogP contribution in [0.2, 0.25) is 0 Å². The van der Waals surface area contributed by atoms with Crippen LogP contribution in [0.5, 0.6) is 0 Å². The van der Waals surface area contributed by atoms with Gasteiger partial charge in [0.15, 0.2) is 0 Å². The van der Waals surface area contributed by atoms with E-state index in [9.17, 15) is 26.4 Å². The summed E-state index contributed by atoms with van der Waals surface area (Å²) in [5.74, 6) is 0. The zero-order chi connectivity index (χ0) is 17.6. The minimum Gasteiger partial charge on any atom is -0.444 e. The molecule has 1 amide bonds. The number of carbonyl (C=O) groups is 1. The van der Waals surface area contributed by atoms with Crippen LogP contribution < -0.4 is 0 Å². The minimum absolute atomic E-state index is 0.322. The predicted molar refractivity (Wildman–Crippen MR) is 77.2 cm³/mol. The van der Waals surface area contributed by atoms with Crippen molar-refractivity contribution in [1.82, 2.24) is 4.90 Å². The summed E-state index contributed by atoms with van der Waals surface area (Å²) in [5.41, 5.74) is -6.05. The van der Waals surface area contributed by atoms with Gasteiger partial charge in [-0.05, 0) is 46.1 Å². The molecule has 0 radical (unpaired) electrons. The van der Waals surface area contributed by atoms with E-state index < -0.39 is 44.0 Å². The van der Waals surface area contributed by atoms with Gasteiger partial charge in [0, 0.05) is 12.5 Å². The number of nitrogens with zero attached hydrogens (tertiary/aromatic N) is 1. The zero-order valence-corrected chi connectivity index (χ0v) is 14.0. The maximum atomic E-state index is 12.7. The van der Waals surface area contributed by atoms with E-state index in [4.69, 9.17) is 4.74 Å². The van der Waals surface area contributed by atoms with Gasteiger partial charge in [0.05, 0.1) is 10.9 Å². The molecule has 0 aromatic carbocycles. The topological polar surface area (TPSA) is 63.7 Å². The molecule has 1 saturated heterocycles. The molecule has 0 spiro atoms. The molecular formula is C14H20F3NO4S. The van der Waals surface area contributed by atoms with Gasteiger partial charge in [-0.1, -0.05) is 0 Å². The van der Waals surface area contributed by atoms with E-state index >= 15 is 0 Å². The van der Waals surface area contributed by atoms with Gasteiger partial charge >= 0.3 is 11.6 Å². The maximum absolute atomic E-state index is 12.7. The van der Waals surface area contributed by atoms with Crippen molar-refractivity contribution >= 4 is 15.9 Å². The van der Waals surface area contributed by atoms with Gasteiger partial charge in [0.1, 0.15) is 5.60 Å². The third-order valence-electron chi connectivity index (χ3n) is 3.86. The fraction of sp³-hybridized carbons (Fsp3) is 0.786. The van der Waals surface area contributed by atoms with Gasteiger partial charge in [0.2, 0.25) is 0 Å². The lowest BCUT2D eigenvalue weighted by atomic mass is 9.89. The van der Waals surface area contributed by atoms with Crippen molar-refractivity contribution in [2.45, 2.75) is 69.6 Å². The molecule has 2 rings (SSSR count). The highest BCUT2D eigenvalue weighted by Gasteiger charge is 2.51. The molecule has 0 aromatic rings. The average Bonchev–Trinajstić information content (AvgIpc) is 2.33. The molecule has 0 N–H and O–H groups in total. The molecular weight excluding hydrogens is 335 g/mol. The first kappa shape index (κ1) is 18.1. The number of hydrogen-bond acceptors (Lipinski definition) is 4. The van der Waals surface area contributed by atoms with Gasteiger partial charge in [-0.3, -0.25) is 4.90 Å². The van der Waals surface area contributed by atoms with E-state index in [-0.39, 0.29) is 6.42 Å². The molecule has 2 heterocycles. The summed E-state index contributed by atoms with van der Waals surface area (Å²) in [6, 6.07) is -1.26. The van der Waals surface area contributed by atoms with Crippen LogP contribution in [0.15, 0.2) is 11.0 Å². The van der Waals surface area contributed by atoms with Crippen molar-refractivity contribution in [2.75, 3.05) is 0 Å². The zero-order valence-electron chi connectivity index (χ0n) is 13.2. The molecule has 0 aliphatic carbocycles. The highest BCUT2D eigenvalue weighted by molar-refractivity contribution is 7.96. The number of rotatable bonds is 1. The minimum atomic E-state index is -5.34. The molecule has 0 aromatic heterocycles. The van der Waals surface area contributed by atoms with Crippen LogP contribution in [-0.4, -0.2) is 42.6 Å². The summed E-state index contributed by atoms with van der Waals surface area (Å²) in [4.78, 5) is 13.0. The Bertz CT molecular complexity index is 619. The van der Waals surface area contributed by atoms with Gasteiger partial charge in [-0.2, -0.15) is 13.2 Å². The average molecular weight is 355 g/mol. The summed E-state index contributed by atoms with van der Waals surface area (Å²) in [5, 5.41) is 0. The highest BCUT2D eigenvalue weighted by atomic mass is 32.2. The Morgan fingerprint density at radius 2 is 1.87 bits per heavy atom. The molecule has 9 heteroatoms. The molecule has 2 aliphatic heterocycles. The molecule has 2 unspecified atom stereocenters. The number of halogens is 3. The Balaban J connectivity index is 2.32. The molecule has 5 nitrogen and oxygen atoms in total. The Kier molecular flexibility index (Phi) is 4.47. The Morgan fingerprint density at radius 1 is 1.26 bits per heavy atom. The fourth-order valence-electron chi connectivity index (χ4n) is 2.94. The van der Waals surface area contributed by atoms with Crippen molar-refractivity contribution in [3.63, 3.8) is 0 Å². The monoisotopic (exact) mass is 355 g/mol. The lowest BCUT2D eigenvalue weighted by Gasteiger charge is -2.44. The van der Waals surface area contributed by atoms with Crippen molar-refractivity contribution < 1.29 is 31.1 Å². The summed E-state index contributed by atoms with van der Waals surface area (Å²) in [7, 11) is -5.34. The quantitative estimate of drug-likeness (QED) is 0.723. The van der Waals surface area contributed by atoms with E-state index in [1.807, 2.05) is 0 Å². The lowest BCUT2D eigenvalue weighted by Crippen LogP contribution is -2.54. The van der Waals surface area contributed by atoms with E-state index in [0.717, 1.165) is 12.5 Å². The summed E-state index contributed by atoms with van der Waals surface area (Å²) in [6.07, 6.45) is 1.73. The largest absolute Gasteiger partial charge is 0.501 e. The fourth-order valence-corrected chi connectivity index (χ4v) is 3.98. The number of sulfone groups is 1. The van der Waals surface area contributed by atoms with Crippen LogP contribution >= 0.6 is 0 Å². The number of amides is 1. The number of ether oxygens (including phenoxy) is 1. The van der Waals surface area contributed by atoms with E-state index in [0.29, 0.717) is 12.8 Å². The maximum Gasteiger partial charge on any atom is 0.501 e. The molecule has 1 fully saturated rings. The summed E-state index contributed by atoms with van der Waals surface area (Å²) >= 11 is 0. The highest BCUT2D eigenvalue weighted by Crippen LogP contribution is 2.40. The SMILES string of the molecule is CC(C)(C)OC(=O)N1C2C=C(S(=O)(=O)C(F)(F)F)CC1CCC2. The molecule has 2 atom stereocenters. The standard InChI is InChI=1S/C14H20F3NO4S/c1-13(2,3)22-12(19)18-9-5-4-6-10(18)8-11(7-9)23(20,21)14(15,16)17/h7,9-10H,4-6,8H2,1-3H3. The van der Waals surface area contributed by atoms with Crippen LogP contribution in [0.1, 0.15) is 46.5 Å². The summed E-state index contributed by atoms with van der Waals surface area (Å²) in [6.45, 7) is 5.08. The second-order valence-electron chi connectivity index (χ2n) is 6.83. The second kappa shape index (κ2) is 5.68. The number of carbonyl (C=O) groups excluding carboxylic acids is 1. The number of alkyl halides is 3. The molecule has 0 saturated carbocycles. The van der Waals surface area contributed by atoms with Crippen LogP contribution in [0.3, 0.4) is 0 Å². The molecule has 2 bridgehead atoms. The van der Waals surface area contributed by atoms with Crippen molar-refractivity contribution in [3.8, 4) is 0 Å². The van der Waals surface area contributed by atoms with Crippen molar-refractivity contribution in [2.24, 2.45) is 0 Å². The van der Waals surface area contributed by atoms with E-state index in [1.165, 1.54) is 4.90 Å². The molecule has 132 valence electrons. The van der Waals surface area contributed by atoms with E-state index in [2.05, 4.69) is 0 Å². The number of piperidine rings is 1. The van der Waals surface area contributed by atoms with E-state index in [1.54, 1.807) is 20.8 Å². The number of hydrogen-bond donors (Lipinski definition) is 0. The second-order valence-corrected chi connectivity index (χ2v) is 8.82. The van der Waals surface area contributed by atoms with Crippen molar-refractivity contribution in [3.05, 3.63) is 11.0 Å². The Morgan fingerprint density at radius 3 is 2.35 bits per heavy atom. The van der Waals surface area contributed by atoms with Crippen LogP contribution in [0, 0.1) is 0 Å². The van der Waals surface area contributed by atoms with Crippen LogP contribution in [0.4, 0.5) is 18.0 Å². The first-order chi connectivity index (χ1) is 10.3. The molecule has 23 heavy (non-hydrogen) atoms. The van der Waals surface area contributed by atoms with Gasteiger partial charge in [-0.25, -0.2) is 13.2 Å². The third kappa shape index (κ3) is 3.64. The van der Waals surface area contributed by atoms with Crippen LogP contribution in [-0.2, 0) is 14.6 Å².